The van der Waals surface area contributed by atoms with Gasteiger partial charge in [0.25, 0.3) is 5.91 Å². The van der Waals surface area contributed by atoms with Crippen molar-refractivity contribution in [3.05, 3.63) is 0 Å². The van der Waals surface area contributed by atoms with Gasteiger partial charge >= 0.3 is 5.97 Å². The predicted octanol–water partition coefficient (Wildman–Crippen LogP) is 0.323. The molecule has 19 heavy (non-hydrogen) atoms. The van der Waals surface area contributed by atoms with Crippen LogP contribution in [-0.2, 0) is 14.3 Å². The van der Waals surface area contributed by atoms with E-state index in [4.69, 9.17) is 9.84 Å². The molecule has 1 heterocycles. The summed E-state index contributed by atoms with van der Waals surface area (Å²) in [4.78, 5) is 25.3. The smallest absolute Gasteiger partial charge is 0.326 e. The van der Waals surface area contributed by atoms with Crippen molar-refractivity contribution in [2.24, 2.45) is 5.92 Å². The van der Waals surface area contributed by atoms with Crippen molar-refractivity contribution in [2.75, 3.05) is 26.2 Å². The Kier molecular flexibility index (Phi) is 6.24. The summed E-state index contributed by atoms with van der Waals surface area (Å²) in [7, 11) is 0. The molecule has 2 N–H and O–H groups in total. The van der Waals surface area contributed by atoms with E-state index in [0.717, 1.165) is 13.1 Å². The fraction of sp³-hybridized carbons (Fsp3) is 0.846. The molecule has 0 saturated carbocycles. The molecular formula is C13H24N2O4. The van der Waals surface area contributed by atoms with E-state index in [9.17, 15) is 9.59 Å². The van der Waals surface area contributed by atoms with Crippen molar-refractivity contribution in [3.8, 4) is 0 Å². The topological polar surface area (TPSA) is 78.9 Å². The predicted molar refractivity (Wildman–Crippen MR) is 70.9 cm³/mol. The van der Waals surface area contributed by atoms with Crippen LogP contribution >= 0.6 is 0 Å². The Morgan fingerprint density at radius 2 is 2.16 bits per heavy atom. The quantitative estimate of drug-likeness (QED) is 0.728. The molecule has 1 rings (SSSR count). The molecule has 0 spiro atoms. The molecule has 1 saturated heterocycles. The number of carboxylic acids is 1. The second kappa shape index (κ2) is 7.45. The van der Waals surface area contributed by atoms with Crippen LogP contribution in [0.2, 0.25) is 0 Å². The molecule has 2 atom stereocenters. The summed E-state index contributed by atoms with van der Waals surface area (Å²) in [5.41, 5.74) is 0. The third kappa shape index (κ3) is 5.16. The van der Waals surface area contributed by atoms with E-state index in [1.807, 2.05) is 20.8 Å². The van der Waals surface area contributed by atoms with Crippen molar-refractivity contribution in [2.45, 2.75) is 39.3 Å². The van der Waals surface area contributed by atoms with Crippen LogP contribution in [0.4, 0.5) is 0 Å². The number of nitrogens with zero attached hydrogens (tertiary/aromatic N) is 1. The number of carbonyl (C=O) groups is 2. The first-order valence-electron chi connectivity index (χ1n) is 6.81. The second-order valence-corrected chi connectivity index (χ2v) is 5.28. The van der Waals surface area contributed by atoms with Crippen LogP contribution in [0.15, 0.2) is 0 Å². The van der Waals surface area contributed by atoms with E-state index in [-0.39, 0.29) is 11.8 Å². The van der Waals surface area contributed by atoms with E-state index in [0.29, 0.717) is 19.6 Å². The molecule has 6 nitrogen and oxygen atoms in total. The SMILES string of the molecule is CCN1CCO[C@H](C(=O)N[C@@H](CC(C)C)C(=O)O)C1. The molecule has 0 aromatic carbocycles. The van der Waals surface area contributed by atoms with Crippen LogP contribution in [-0.4, -0.2) is 60.3 Å². The number of morpholine rings is 1. The van der Waals surface area contributed by atoms with Gasteiger partial charge in [-0.1, -0.05) is 20.8 Å². The lowest BCUT2D eigenvalue weighted by Gasteiger charge is -2.31. The van der Waals surface area contributed by atoms with Gasteiger partial charge in [-0.2, -0.15) is 0 Å². The summed E-state index contributed by atoms with van der Waals surface area (Å²) < 4.78 is 5.41. The van der Waals surface area contributed by atoms with Crippen LogP contribution < -0.4 is 5.32 Å². The average molecular weight is 272 g/mol. The Bertz CT molecular complexity index is 320. The van der Waals surface area contributed by atoms with Gasteiger partial charge < -0.3 is 15.2 Å². The van der Waals surface area contributed by atoms with Crippen LogP contribution in [0.5, 0.6) is 0 Å². The fourth-order valence-corrected chi connectivity index (χ4v) is 2.11. The number of ether oxygens (including phenoxy) is 1. The number of likely N-dealkylation sites (N-methyl/N-ethyl adjacent to an activating group) is 1. The molecule has 0 unspecified atom stereocenters. The molecule has 1 aliphatic rings. The molecule has 1 fully saturated rings. The van der Waals surface area contributed by atoms with E-state index in [1.54, 1.807) is 0 Å². The van der Waals surface area contributed by atoms with Gasteiger partial charge in [-0.3, -0.25) is 9.69 Å². The zero-order chi connectivity index (χ0) is 14.4. The number of hydrogen-bond donors (Lipinski definition) is 2. The summed E-state index contributed by atoms with van der Waals surface area (Å²) in [5, 5.41) is 11.7. The summed E-state index contributed by atoms with van der Waals surface area (Å²) in [6.45, 7) is 8.59. The average Bonchev–Trinajstić information content (AvgIpc) is 2.37. The first kappa shape index (κ1) is 15.9. The Labute approximate surface area is 114 Å². The molecular weight excluding hydrogens is 248 g/mol. The number of nitrogens with one attached hydrogen (secondary N) is 1. The number of hydrogen-bond acceptors (Lipinski definition) is 4. The first-order valence-corrected chi connectivity index (χ1v) is 6.81. The van der Waals surface area contributed by atoms with Gasteiger partial charge in [0, 0.05) is 13.1 Å². The summed E-state index contributed by atoms with van der Waals surface area (Å²) >= 11 is 0. The van der Waals surface area contributed by atoms with Gasteiger partial charge in [0.2, 0.25) is 0 Å². The van der Waals surface area contributed by atoms with Crippen molar-refractivity contribution in [1.29, 1.82) is 0 Å². The zero-order valence-electron chi connectivity index (χ0n) is 11.9. The van der Waals surface area contributed by atoms with Gasteiger partial charge in [0.05, 0.1) is 6.61 Å². The molecule has 1 amide bonds. The Morgan fingerprint density at radius 3 is 2.68 bits per heavy atom. The molecule has 0 aliphatic carbocycles. The Hall–Kier alpha value is -1.14. The third-order valence-electron chi connectivity index (χ3n) is 3.21. The van der Waals surface area contributed by atoms with Gasteiger partial charge in [-0.25, -0.2) is 4.79 Å². The summed E-state index contributed by atoms with van der Waals surface area (Å²) in [5.74, 6) is -1.11. The number of amides is 1. The highest BCUT2D eigenvalue weighted by atomic mass is 16.5. The maximum absolute atomic E-state index is 12.0. The van der Waals surface area contributed by atoms with Gasteiger partial charge in [-0.05, 0) is 18.9 Å². The zero-order valence-corrected chi connectivity index (χ0v) is 11.9. The van der Waals surface area contributed by atoms with E-state index >= 15 is 0 Å². The molecule has 110 valence electrons. The molecule has 0 aromatic heterocycles. The highest BCUT2D eigenvalue weighted by Gasteiger charge is 2.29. The highest BCUT2D eigenvalue weighted by molar-refractivity contribution is 5.86. The maximum atomic E-state index is 12.0. The lowest BCUT2D eigenvalue weighted by Crippen LogP contribution is -2.53. The van der Waals surface area contributed by atoms with Gasteiger partial charge in [-0.15, -0.1) is 0 Å². The fourth-order valence-electron chi connectivity index (χ4n) is 2.11. The number of rotatable bonds is 6. The Morgan fingerprint density at radius 1 is 1.47 bits per heavy atom. The molecule has 1 aliphatic heterocycles. The lowest BCUT2D eigenvalue weighted by molar-refractivity contribution is -0.147. The minimum Gasteiger partial charge on any atom is -0.480 e. The largest absolute Gasteiger partial charge is 0.480 e. The van der Waals surface area contributed by atoms with Gasteiger partial charge in [0.1, 0.15) is 12.1 Å². The lowest BCUT2D eigenvalue weighted by atomic mass is 10.0. The van der Waals surface area contributed by atoms with Crippen molar-refractivity contribution < 1.29 is 19.4 Å². The van der Waals surface area contributed by atoms with Crippen molar-refractivity contribution >= 4 is 11.9 Å². The van der Waals surface area contributed by atoms with E-state index < -0.39 is 18.1 Å². The van der Waals surface area contributed by atoms with E-state index in [1.165, 1.54) is 0 Å². The van der Waals surface area contributed by atoms with Crippen LogP contribution in [0, 0.1) is 5.92 Å². The molecule has 0 bridgehead atoms. The van der Waals surface area contributed by atoms with Crippen molar-refractivity contribution in [3.63, 3.8) is 0 Å². The monoisotopic (exact) mass is 272 g/mol. The molecule has 0 aromatic rings. The van der Waals surface area contributed by atoms with Crippen molar-refractivity contribution in [1.82, 2.24) is 10.2 Å². The highest BCUT2D eigenvalue weighted by Crippen LogP contribution is 2.08. The van der Waals surface area contributed by atoms with Crippen LogP contribution in [0.1, 0.15) is 27.2 Å². The minimum atomic E-state index is -0.995. The standard InChI is InChI=1S/C13H24N2O4/c1-4-15-5-6-19-11(8-15)12(16)14-10(13(17)18)7-9(2)3/h9-11H,4-8H2,1-3H3,(H,14,16)(H,17,18)/t10-,11-/m0/s1. The maximum Gasteiger partial charge on any atom is 0.326 e. The third-order valence-corrected chi connectivity index (χ3v) is 3.21. The number of aliphatic carboxylic acids is 1. The van der Waals surface area contributed by atoms with Crippen LogP contribution in [0.3, 0.4) is 0 Å². The summed E-state index contributed by atoms with van der Waals surface area (Å²) in [6.07, 6.45) is -0.145. The number of carboxylic acid groups (broad SMARTS) is 1. The Balaban J connectivity index is 2.53. The van der Waals surface area contributed by atoms with Crippen LogP contribution in [0.25, 0.3) is 0 Å². The van der Waals surface area contributed by atoms with Gasteiger partial charge in [0.15, 0.2) is 0 Å². The van der Waals surface area contributed by atoms with E-state index in [2.05, 4.69) is 10.2 Å². The summed E-state index contributed by atoms with van der Waals surface area (Å²) in [6, 6.07) is -0.840. The first-order chi connectivity index (χ1) is 8.93. The molecule has 0 radical (unpaired) electrons. The molecule has 6 heteroatoms. The number of carbonyl (C=O) groups excluding carboxylic acids is 1. The second-order valence-electron chi connectivity index (χ2n) is 5.28. The minimum absolute atomic E-state index is 0.209. The normalized spacial score (nSPS) is 22.2.